The Balaban J connectivity index is 2.72. The lowest BCUT2D eigenvalue weighted by atomic mass is 9.99. The molecule has 0 saturated carbocycles. The van der Waals surface area contributed by atoms with Gasteiger partial charge in [-0.1, -0.05) is 25.1 Å². The topological polar surface area (TPSA) is 12.0 Å². The standard InChI is InChI=1S/C15H22F3N/c1-4-7-19-14(10-15(16,17)18)9-13-6-5-11(2)12(3)8-13/h5-6,8,14,19H,4,7,9-10H2,1-3H3. The van der Waals surface area contributed by atoms with Crippen molar-refractivity contribution in [1.29, 1.82) is 0 Å². The second-order valence-corrected chi connectivity index (χ2v) is 5.09. The highest BCUT2D eigenvalue weighted by atomic mass is 19.4. The molecule has 0 saturated heterocycles. The van der Waals surface area contributed by atoms with Crippen LogP contribution in [0.25, 0.3) is 0 Å². The maximum absolute atomic E-state index is 12.5. The van der Waals surface area contributed by atoms with E-state index in [1.807, 2.05) is 39.0 Å². The maximum Gasteiger partial charge on any atom is 0.390 e. The summed E-state index contributed by atoms with van der Waals surface area (Å²) in [5.41, 5.74) is 3.25. The lowest BCUT2D eigenvalue weighted by Crippen LogP contribution is -2.36. The quantitative estimate of drug-likeness (QED) is 0.820. The Morgan fingerprint density at radius 2 is 1.84 bits per heavy atom. The Kier molecular flexibility index (Phi) is 5.85. The van der Waals surface area contributed by atoms with Crippen LogP contribution in [-0.2, 0) is 6.42 Å². The third-order valence-electron chi connectivity index (χ3n) is 3.21. The summed E-state index contributed by atoms with van der Waals surface area (Å²) in [6, 6.07) is 5.32. The van der Waals surface area contributed by atoms with Crippen LogP contribution in [0.1, 0.15) is 36.5 Å². The molecular weight excluding hydrogens is 251 g/mol. The molecule has 1 aromatic rings. The first-order chi connectivity index (χ1) is 8.81. The third-order valence-corrected chi connectivity index (χ3v) is 3.21. The number of hydrogen-bond acceptors (Lipinski definition) is 1. The number of benzene rings is 1. The van der Waals surface area contributed by atoms with Gasteiger partial charge in [0, 0.05) is 6.04 Å². The molecule has 0 aliphatic carbocycles. The van der Waals surface area contributed by atoms with E-state index < -0.39 is 18.6 Å². The molecule has 4 heteroatoms. The first kappa shape index (κ1) is 16.0. The fraction of sp³-hybridized carbons (Fsp3) is 0.600. The van der Waals surface area contributed by atoms with E-state index in [9.17, 15) is 13.2 Å². The molecule has 1 aromatic carbocycles. The Morgan fingerprint density at radius 1 is 1.16 bits per heavy atom. The molecule has 0 bridgehead atoms. The average molecular weight is 273 g/mol. The van der Waals surface area contributed by atoms with Crippen molar-refractivity contribution in [1.82, 2.24) is 5.32 Å². The van der Waals surface area contributed by atoms with Gasteiger partial charge in [0.05, 0.1) is 6.42 Å². The van der Waals surface area contributed by atoms with Gasteiger partial charge in [-0.3, -0.25) is 0 Å². The van der Waals surface area contributed by atoms with Gasteiger partial charge < -0.3 is 5.32 Å². The molecule has 19 heavy (non-hydrogen) atoms. The van der Waals surface area contributed by atoms with E-state index in [-0.39, 0.29) is 0 Å². The summed E-state index contributed by atoms with van der Waals surface area (Å²) < 4.78 is 37.6. The summed E-state index contributed by atoms with van der Waals surface area (Å²) in [6.45, 7) is 6.55. The first-order valence-corrected chi connectivity index (χ1v) is 6.68. The Hall–Kier alpha value is -1.03. The van der Waals surface area contributed by atoms with Gasteiger partial charge in [0.25, 0.3) is 0 Å². The molecule has 1 atom stereocenters. The average Bonchev–Trinajstić information content (AvgIpc) is 2.29. The van der Waals surface area contributed by atoms with Crippen LogP contribution in [0, 0.1) is 13.8 Å². The van der Waals surface area contributed by atoms with E-state index in [2.05, 4.69) is 5.32 Å². The molecule has 1 N–H and O–H groups in total. The summed E-state index contributed by atoms with van der Waals surface area (Å²) >= 11 is 0. The molecule has 0 spiro atoms. The minimum atomic E-state index is -4.12. The molecule has 1 nitrogen and oxygen atoms in total. The van der Waals surface area contributed by atoms with Gasteiger partial charge in [0.15, 0.2) is 0 Å². The second-order valence-electron chi connectivity index (χ2n) is 5.09. The third kappa shape index (κ3) is 6.10. The number of nitrogens with one attached hydrogen (secondary N) is 1. The molecule has 0 aliphatic rings. The van der Waals surface area contributed by atoms with Crippen molar-refractivity contribution in [2.45, 2.75) is 52.3 Å². The largest absolute Gasteiger partial charge is 0.390 e. The molecule has 0 radical (unpaired) electrons. The van der Waals surface area contributed by atoms with Gasteiger partial charge in [-0.15, -0.1) is 0 Å². The zero-order valence-corrected chi connectivity index (χ0v) is 11.8. The van der Waals surface area contributed by atoms with Crippen LogP contribution < -0.4 is 5.32 Å². The van der Waals surface area contributed by atoms with Crippen molar-refractivity contribution in [3.63, 3.8) is 0 Å². The lowest BCUT2D eigenvalue weighted by Gasteiger charge is -2.20. The van der Waals surface area contributed by atoms with E-state index in [1.54, 1.807) is 0 Å². The zero-order valence-electron chi connectivity index (χ0n) is 11.8. The molecule has 108 valence electrons. The number of alkyl halides is 3. The predicted molar refractivity (Wildman–Crippen MR) is 72.4 cm³/mol. The van der Waals surface area contributed by atoms with Crippen molar-refractivity contribution in [2.75, 3.05) is 6.54 Å². The van der Waals surface area contributed by atoms with Crippen LogP contribution >= 0.6 is 0 Å². The van der Waals surface area contributed by atoms with E-state index in [1.165, 1.54) is 0 Å². The van der Waals surface area contributed by atoms with Crippen molar-refractivity contribution in [3.8, 4) is 0 Å². The summed E-state index contributed by atoms with van der Waals surface area (Å²) in [6.07, 6.45) is -3.65. The highest BCUT2D eigenvalue weighted by Gasteiger charge is 2.31. The maximum atomic E-state index is 12.5. The normalized spacial score (nSPS) is 13.6. The van der Waals surface area contributed by atoms with E-state index in [0.717, 1.165) is 23.1 Å². The van der Waals surface area contributed by atoms with E-state index >= 15 is 0 Å². The summed E-state index contributed by atoms with van der Waals surface area (Å²) in [7, 11) is 0. The van der Waals surface area contributed by atoms with Crippen molar-refractivity contribution < 1.29 is 13.2 Å². The van der Waals surface area contributed by atoms with Crippen molar-refractivity contribution in [3.05, 3.63) is 34.9 Å². The smallest absolute Gasteiger partial charge is 0.313 e. The van der Waals surface area contributed by atoms with Crippen LogP contribution in [0.3, 0.4) is 0 Å². The van der Waals surface area contributed by atoms with Crippen LogP contribution in [-0.4, -0.2) is 18.8 Å². The molecule has 0 heterocycles. The summed E-state index contributed by atoms with van der Waals surface area (Å²) in [5, 5.41) is 2.99. The fourth-order valence-electron chi connectivity index (χ4n) is 2.06. The van der Waals surface area contributed by atoms with Gasteiger partial charge in [0.2, 0.25) is 0 Å². The monoisotopic (exact) mass is 273 g/mol. The number of hydrogen-bond donors (Lipinski definition) is 1. The molecule has 0 amide bonds. The number of halogens is 3. The Bertz CT molecular complexity index is 399. The van der Waals surface area contributed by atoms with Crippen molar-refractivity contribution in [2.24, 2.45) is 0 Å². The number of rotatable bonds is 6. The van der Waals surface area contributed by atoms with E-state index in [4.69, 9.17) is 0 Å². The first-order valence-electron chi connectivity index (χ1n) is 6.68. The molecule has 0 fully saturated rings. The van der Waals surface area contributed by atoms with E-state index in [0.29, 0.717) is 13.0 Å². The van der Waals surface area contributed by atoms with Crippen molar-refractivity contribution >= 4 is 0 Å². The van der Waals surface area contributed by atoms with Crippen LogP contribution in [0.2, 0.25) is 0 Å². The van der Waals surface area contributed by atoms with Crippen LogP contribution in [0.4, 0.5) is 13.2 Å². The molecule has 1 rings (SSSR count). The molecular formula is C15H22F3N. The van der Waals surface area contributed by atoms with Crippen LogP contribution in [0.5, 0.6) is 0 Å². The SMILES string of the molecule is CCCNC(Cc1ccc(C)c(C)c1)CC(F)(F)F. The van der Waals surface area contributed by atoms with Gasteiger partial charge in [-0.05, 0) is 49.9 Å². The summed E-state index contributed by atoms with van der Waals surface area (Å²) in [5.74, 6) is 0. The fourth-order valence-corrected chi connectivity index (χ4v) is 2.06. The molecule has 0 aromatic heterocycles. The summed E-state index contributed by atoms with van der Waals surface area (Å²) in [4.78, 5) is 0. The van der Waals surface area contributed by atoms with Gasteiger partial charge in [0.1, 0.15) is 0 Å². The highest BCUT2D eigenvalue weighted by Crippen LogP contribution is 2.23. The highest BCUT2D eigenvalue weighted by molar-refractivity contribution is 5.30. The lowest BCUT2D eigenvalue weighted by molar-refractivity contribution is -0.139. The Labute approximate surface area is 113 Å². The zero-order chi connectivity index (χ0) is 14.5. The van der Waals surface area contributed by atoms with Gasteiger partial charge in [-0.25, -0.2) is 0 Å². The minimum Gasteiger partial charge on any atom is -0.313 e. The van der Waals surface area contributed by atoms with Gasteiger partial charge in [-0.2, -0.15) is 13.2 Å². The minimum absolute atomic E-state index is 0.417. The van der Waals surface area contributed by atoms with Gasteiger partial charge >= 0.3 is 6.18 Å². The Morgan fingerprint density at radius 3 is 2.37 bits per heavy atom. The number of aryl methyl sites for hydroxylation is 2. The molecule has 1 unspecified atom stereocenters. The van der Waals surface area contributed by atoms with Crippen LogP contribution in [0.15, 0.2) is 18.2 Å². The molecule has 0 aliphatic heterocycles. The second kappa shape index (κ2) is 6.94. The predicted octanol–water partition coefficient (Wildman–Crippen LogP) is 4.17.